The third kappa shape index (κ3) is 2.52. The van der Waals surface area contributed by atoms with Gasteiger partial charge in [-0.05, 0) is 24.6 Å². The van der Waals surface area contributed by atoms with E-state index in [1.807, 2.05) is 12.2 Å². The third-order valence-electron chi connectivity index (χ3n) is 2.42. The molecule has 0 amide bonds. The van der Waals surface area contributed by atoms with Gasteiger partial charge in [0.05, 0.1) is 13.2 Å². The highest BCUT2D eigenvalue weighted by Gasteiger charge is 2.15. The molecule has 0 bridgehead atoms. The van der Waals surface area contributed by atoms with E-state index < -0.39 is 0 Å². The van der Waals surface area contributed by atoms with Gasteiger partial charge >= 0.3 is 0 Å². The van der Waals surface area contributed by atoms with E-state index in [9.17, 15) is 4.79 Å². The molecule has 0 saturated heterocycles. The lowest BCUT2D eigenvalue weighted by molar-refractivity contribution is -0.116. The summed E-state index contributed by atoms with van der Waals surface area (Å²) < 4.78 is 15.8. The number of Topliss-reactive ketones (excluding diaryl/α,β-unsaturated/α-hetero) is 1. The average Bonchev–Trinajstić information content (AvgIpc) is 2.69. The predicted octanol–water partition coefficient (Wildman–Crippen LogP) is 1.69. The maximum atomic E-state index is 11.6. The van der Waals surface area contributed by atoms with Gasteiger partial charge in [0, 0.05) is 6.42 Å². The van der Waals surface area contributed by atoms with Crippen LogP contribution in [0, 0.1) is 0 Å². The van der Waals surface area contributed by atoms with Gasteiger partial charge in [-0.3, -0.25) is 4.79 Å². The summed E-state index contributed by atoms with van der Waals surface area (Å²) in [6, 6.07) is 0. The van der Waals surface area contributed by atoms with Gasteiger partial charge in [0.1, 0.15) is 0 Å². The van der Waals surface area contributed by atoms with Crippen molar-refractivity contribution in [3.8, 4) is 0 Å². The smallest absolute Gasteiger partial charge is 0.231 e. The molecule has 0 fully saturated rings. The van der Waals surface area contributed by atoms with Crippen LogP contribution in [0.4, 0.5) is 0 Å². The van der Waals surface area contributed by atoms with Crippen molar-refractivity contribution >= 4 is 5.78 Å². The molecule has 0 aliphatic carbocycles. The Labute approximate surface area is 94.2 Å². The van der Waals surface area contributed by atoms with Crippen LogP contribution in [0.5, 0.6) is 0 Å². The van der Waals surface area contributed by atoms with E-state index in [1.165, 1.54) is 0 Å². The van der Waals surface area contributed by atoms with Crippen LogP contribution < -0.4 is 0 Å². The molecule has 0 unspecified atom stereocenters. The number of carbonyl (C=O) groups excluding carboxylic acids is 1. The Balaban J connectivity index is 2.28. The minimum Gasteiger partial charge on any atom is -0.454 e. The number of hydrogen-bond donors (Lipinski definition) is 0. The standard InChI is InChI=1S/C12H14O4/c1-9-7-12-11(15-8-16-12)3-2-5-14-6-4-10(9)13/h2-3,7H,4-6,8H2,1H3/b3-2+,9-7+. The molecule has 2 rings (SSSR count). The summed E-state index contributed by atoms with van der Waals surface area (Å²) in [6.45, 7) is 2.90. The first-order valence-corrected chi connectivity index (χ1v) is 5.23. The lowest BCUT2D eigenvalue weighted by Gasteiger charge is -2.01. The van der Waals surface area contributed by atoms with Gasteiger partial charge in [-0.15, -0.1) is 0 Å². The van der Waals surface area contributed by atoms with Crippen LogP contribution >= 0.6 is 0 Å². The number of carbonyl (C=O) groups is 1. The van der Waals surface area contributed by atoms with Crippen molar-refractivity contribution in [2.45, 2.75) is 13.3 Å². The Morgan fingerprint density at radius 2 is 2.06 bits per heavy atom. The SMILES string of the molecule is C/C1=C\C2=C(/C=C/COCCC1=O)OCO2. The van der Waals surface area contributed by atoms with Gasteiger partial charge in [0.2, 0.25) is 6.79 Å². The summed E-state index contributed by atoms with van der Waals surface area (Å²) in [5.74, 6) is 1.34. The van der Waals surface area contributed by atoms with E-state index in [-0.39, 0.29) is 12.6 Å². The first kappa shape index (κ1) is 11.0. The molecule has 2 aliphatic heterocycles. The van der Waals surface area contributed by atoms with Gasteiger partial charge in [-0.2, -0.15) is 0 Å². The lowest BCUT2D eigenvalue weighted by Crippen LogP contribution is -2.05. The van der Waals surface area contributed by atoms with E-state index in [2.05, 4.69) is 0 Å². The molecular weight excluding hydrogens is 208 g/mol. The first-order chi connectivity index (χ1) is 7.77. The maximum absolute atomic E-state index is 11.6. The average molecular weight is 222 g/mol. The topological polar surface area (TPSA) is 44.8 Å². The number of allylic oxidation sites excluding steroid dienone is 3. The number of rotatable bonds is 0. The molecule has 86 valence electrons. The molecule has 0 radical (unpaired) electrons. The highest BCUT2D eigenvalue weighted by molar-refractivity contribution is 5.95. The second-order valence-corrected chi connectivity index (χ2v) is 3.61. The normalized spacial score (nSPS) is 27.1. The van der Waals surface area contributed by atoms with E-state index in [1.54, 1.807) is 13.0 Å². The van der Waals surface area contributed by atoms with Gasteiger partial charge in [-0.1, -0.05) is 6.08 Å². The Kier molecular flexibility index (Phi) is 3.41. The van der Waals surface area contributed by atoms with Crippen molar-refractivity contribution in [2.75, 3.05) is 20.0 Å². The molecular formula is C12H14O4. The van der Waals surface area contributed by atoms with Gasteiger partial charge in [0.25, 0.3) is 0 Å². The summed E-state index contributed by atoms with van der Waals surface area (Å²) in [5.41, 5.74) is 0.664. The summed E-state index contributed by atoms with van der Waals surface area (Å²) in [7, 11) is 0. The summed E-state index contributed by atoms with van der Waals surface area (Å²) in [4.78, 5) is 11.6. The zero-order valence-electron chi connectivity index (χ0n) is 9.19. The van der Waals surface area contributed by atoms with Crippen LogP contribution in [0.1, 0.15) is 13.3 Å². The highest BCUT2D eigenvalue weighted by atomic mass is 16.7. The minimum absolute atomic E-state index is 0.0734. The largest absolute Gasteiger partial charge is 0.454 e. The van der Waals surface area contributed by atoms with Crippen molar-refractivity contribution in [1.29, 1.82) is 0 Å². The number of hydrogen-bond acceptors (Lipinski definition) is 4. The fourth-order valence-corrected chi connectivity index (χ4v) is 1.49. The van der Waals surface area contributed by atoms with Crippen LogP contribution in [0.3, 0.4) is 0 Å². The van der Waals surface area contributed by atoms with Crippen molar-refractivity contribution in [3.05, 3.63) is 35.3 Å². The van der Waals surface area contributed by atoms with E-state index in [0.717, 1.165) is 0 Å². The quantitative estimate of drug-likeness (QED) is 0.625. The molecule has 0 atom stereocenters. The molecule has 16 heavy (non-hydrogen) atoms. The van der Waals surface area contributed by atoms with Crippen LogP contribution in [-0.4, -0.2) is 25.8 Å². The van der Waals surface area contributed by atoms with Crippen molar-refractivity contribution in [3.63, 3.8) is 0 Å². The van der Waals surface area contributed by atoms with Gasteiger partial charge in [-0.25, -0.2) is 0 Å². The Morgan fingerprint density at radius 1 is 1.25 bits per heavy atom. The van der Waals surface area contributed by atoms with Crippen LogP contribution in [0.25, 0.3) is 0 Å². The van der Waals surface area contributed by atoms with E-state index >= 15 is 0 Å². The van der Waals surface area contributed by atoms with E-state index in [4.69, 9.17) is 14.2 Å². The van der Waals surface area contributed by atoms with Crippen LogP contribution in [0.15, 0.2) is 35.3 Å². The fraction of sp³-hybridized carbons (Fsp3) is 0.417. The van der Waals surface area contributed by atoms with Gasteiger partial charge in [0.15, 0.2) is 17.3 Å². The molecule has 0 saturated carbocycles. The molecule has 0 spiro atoms. The predicted molar refractivity (Wildman–Crippen MR) is 57.4 cm³/mol. The summed E-state index contributed by atoms with van der Waals surface area (Å²) in [6.07, 6.45) is 5.78. The molecule has 0 aromatic heterocycles. The summed E-state index contributed by atoms with van der Waals surface area (Å²) in [5, 5.41) is 0. The lowest BCUT2D eigenvalue weighted by atomic mass is 10.1. The Bertz CT molecular complexity index is 376. The second-order valence-electron chi connectivity index (χ2n) is 3.61. The molecule has 2 aliphatic rings. The van der Waals surface area contributed by atoms with Gasteiger partial charge < -0.3 is 14.2 Å². The first-order valence-electron chi connectivity index (χ1n) is 5.23. The molecule has 2 heterocycles. The molecule has 0 aromatic carbocycles. The zero-order valence-corrected chi connectivity index (χ0v) is 9.19. The molecule has 0 aromatic rings. The summed E-state index contributed by atoms with van der Waals surface area (Å²) >= 11 is 0. The second kappa shape index (κ2) is 4.99. The minimum atomic E-state index is 0.0734. The maximum Gasteiger partial charge on any atom is 0.231 e. The fourth-order valence-electron chi connectivity index (χ4n) is 1.49. The number of ketones is 1. The monoisotopic (exact) mass is 222 g/mol. The molecule has 4 nitrogen and oxygen atoms in total. The van der Waals surface area contributed by atoms with Crippen LogP contribution in [0.2, 0.25) is 0 Å². The van der Waals surface area contributed by atoms with Crippen molar-refractivity contribution in [1.82, 2.24) is 0 Å². The Hall–Kier alpha value is -1.55. The third-order valence-corrected chi connectivity index (χ3v) is 2.42. The van der Waals surface area contributed by atoms with Crippen molar-refractivity contribution in [2.24, 2.45) is 0 Å². The number of ether oxygens (including phenoxy) is 3. The Morgan fingerprint density at radius 3 is 2.94 bits per heavy atom. The highest BCUT2D eigenvalue weighted by Crippen LogP contribution is 2.20. The molecule has 0 N–H and O–H groups in total. The zero-order chi connectivity index (χ0) is 11.4. The van der Waals surface area contributed by atoms with Crippen LogP contribution in [-0.2, 0) is 19.0 Å². The van der Waals surface area contributed by atoms with E-state index in [0.29, 0.717) is 36.7 Å². The van der Waals surface area contributed by atoms with Crippen molar-refractivity contribution < 1.29 is 19.0 Å². The molecule has 4 heteroatoms.